The zero-order valence-corrected chi connectivity index (χ0v) is 14.5. The van der Waals surface area contributed by atoms with Crippen LogP contribution in [0.3, 0.4) is 0 Å². The number of fused-ring (bicyclic) bond motifs is 1. The smallest absolute Gasteiger partial charge is 0.354 e. The highest BCUT2D eigenvalue weighted by atomic mass is 32.1. The molecule has 25 heavy (non-hydrogen) atoms. The van der Waals surface area contributed by atoms with E-state index in [1.807, 2.05) is 12.1 Å². The molecule has 0 aliphatic heterocycles. The highest BCUT2D eigenvalue weighted by molar-refractivity contribution is 7.22. The van der Waals surface area contributed by atoms with Crippen LogP contribution in [0, 0.1) is 10.1 Å². The van der Waals surface area contributed by atoms with Crippen molar-refractivity contribution in [1.82, 2.24) is 20.0 Å². The van der Waals surface area contributed by atoms with E-state index in [0.29, 0.717) is 10.9 Å². The number of ether oxygens (including phenoxy) is 1. The van der Waals surface area contributed by atoms with E-state index in [2.05, 4.69) is 25.7 Å². The average molecular weight is 361 g/mol. The fourth-order valence-electron chi connectivity index (χ4n) is 2.12. The van der Waals surface area contributed by atoms with E-state index in [0.717, 1.165) is 10.2 Å². The molecule has 10 nitrogen and oxygen atoms in total. The number of aromatic nitrogens is 3. The van der Waals surface area contributed by atoms with Crippen molar-refractivity contribution in [2.45, 2.75) is 0 Å². The third kappa shape index (κ3) is 3.56. The number of nitro groups is 1. The molecule has 0 aliphatic carbocycles. The van der Waals surface area contributed by atoms with Gasteiger partial charge in [-0.25, -0.2) is 20.0 Å². The quantitative estimate of drug-likeness (QED) is 0.504. The normalized spacial score (nSPS) is 10.9. The fourth-order valence-corrected chi connectivity index (χ4v) is 3.02. The van der Waals surface area contributed by atoms with Gasteiger partial charge in [0.2, 0.25) is 11.6 Å². The van der Waals surface area contributed by atoms with Gasteiger partial charge < -0.3 is 10.1 Å². The Kier molecular flexibility index (Phi) is 4.59. The molecule has 0 fully saturated rings. The first-order valence-electron chi connectivity index (χ1n) is 7.13. The molecule has 3 aromatic rings. The SMILES string of the molecule is COc1ccc2nc(Nc3ncnc(NN(C)C)c3[N+](=O)[O-])sc2c1. The predicted octanol–water partition coefficient (Wildman–Crippen LogP) is 2.64. The minimum atomic E-state index is -0.537. The number of hydrogen-bond donors (Lipinski definition) is 2. The van der Waals surface area contributed by atoms with E-state index in [-0.39, 0.29) is 17.3 Å². The van der Waals surface area contributed by atoms with Gasteiger partial charge in [-0.05, 0) is 18.2 Å². The summed E-state index contributed by atoms with van der Waals surface area (Å²) in [5.74, 6) is 0.874. The van der Waals surface area contributed by atoms with Crippen LogP contribution in [0.5, 0.6) is 5.75 Å². The summed E-state index contributed by atoms with van der Waals surface area (Å²) in [4.78, 5) is 23.3. The Balaban J connectivity index is 1.98. The molecule has 0 atom stereocenters. The molecule has 11 heteroatoms. The minimum Gasteiger partial charge on any atom is -0.497 e. The molecule has 0 aliphatic rings. The van der Waals surface area contributed by atoms with Gasteiger partial charge in [0.05, 0.1) is 22.2 Å². The maximum absolute atomic E-state index is 11.5. The minimum absolute atomic E-state index is 0.0652. The summed E-state index contributed by atoms with van der Waals surface area (Å²) in [6.45, 7) is 0. The summed E-state index contributed by atoms with van der Waals surface area (Å²) in [6.07, 6.45) is 1.25. The van der Waals surface area contributed by atoms with Gasteiger partial charge in [-0.2, -0.15) is 0 Å². The molecule has 3 rings (SSSR count). The number of nitrogens with zero attached hydrogens (tertiary/aromatic N) is 5. The second-order valence-corrected chi connectivity index (χ2v) is 6.19. The molecule has 2 N–H and O–H groups in total. The van der Waals surface area contributed by atoms with Gasteiger partial charge in [-0.3, -0.25) is 15.5 Å². The molecule has 2 heterocycles. The summed E-state index contributed by atoms with van der Waals surface area (Å²) in [6, 6.07) is 5.48. The lowest BCUT2D eigenvalue weighted by molar-refractivity contribution is -0.383. The Morgan fingerprint density at radius 1 is 1.28 bits per heavy atom. The lowest BCUT2D eigenvalue weighted by atomic mass is 10.3. The lowest BCUT2D eigenvalue weighted by Gasteiger charge is -2.13. The Bertz CT molecular complexity index is 928. The van der Waals surface area contributed by atoms with Crippen LogP contribution in [0.1, 0.15) is 0 Å². The molecule has 0 saturated carbocycles. The van der Waals surface area contributed by atoms with E-state index in [1.54, 1.807) is 32.3 Å². The van der Waals surface area contributed by atoms with E-state index in [4.69, 9.17) is 4.74 Å². The summed E-state index contributed by atoms with van der Waals surface area (Å²) in [5.41, 5.74) is 3.29. The molecular formula is C14H15N7O3S. The fraction of sp³-hybridized carbons (Fsp3) is 0.214. The van der Waals surface area contributed by atoms with Crippen molar-refractivity contribution in [1.29, 1.82) is 0 Å². The first kappa shape index (κ1) is 16.8. The van der Waals surface area contributed by atoms with Crippen molar-refractivity contribution in [3.8, 4) is 5.75 Å². The molecule has 130 valence electrons. The maximum atomic E-state index is 11.5. The van der Waals surface area contributed by atoms with Crippen LogP contribution in [-0.4, -0.2) is 46.1 Å². The molecule has 1 aromatic carbocycles. The summed E-state index contributed by atoms with van der Waals surface area (Å²) in [7, 11) is 5.00. The van der Waals surface area contributed by atoms with Gasteiger partial charge in [0, 0.05) is 14.1 Å². The predicted molar refractivity (Wildman–Crippen MR) is 95.5 cm³/mol. The number of benzene rings is 1. The third-order valence-electron chi connectivity index (χ3n) is 3.16. The number of hydrogen-bond acceptors (Lipinski definition) is 10. The van der Waals surface area contributed by atoms with Crippen molar-refractivity contribution in [3.05, 3.63) is 34.6 Å². The van der Waals surface area contributed by atoms with Crippen LogP contribution in [0.4, 0.5) is 22.5 Å². The van der Waals surface area contributed by atoms with E-state index in [9.17, 15) is 10.1 Å². The van der Waals surface area contributed by atoms with Gasteiger partial charge >= 0.3 is 5.69 Å². The van der Waals surface area contributed by atoms with Gasteiger partial charge in [0.25, 0.3) is 0 Å². The molecule has 2 aromatic heterocycles. The number of hydrazine groups is 1. The van der Waals surface area contributed by atoms with Crippen molar-refractivity contribution < 1.29 is 9.66 Å². The second kappa shape index (κ2) is 6.83. The number of rotatable bonds is 6. The number of anilines is 3. The summed E-state index contributed by atoms with van der Waals surface area (Å²) >= 11 is 1.35. The Morgan fingerprint density at radius 3 is 2.72 bits per heavy atom. The first-order valence-corrected chi connectivity index (χ1v) is 7.94. The van der Waals surface area contributed by atoms with Crippen molar-refractivity contribution in [2.75, 3.05) is 31.9 Å². The van der Waals surface area contributed by atoms with Crippen LogP contribution in [0.25, 0.3) is 10.2 Å². The molecule has 0 saturated heterocycles. The standard InChI is InChI=1S/C14H15N7O3S/c1-20(2)19-13-11(21(22)23)12(15-7-16-13)18-14-17-9-5-4-8(24-3)6-10(9)25-14/h4-7H,1-3H3,(H2,15,16,17,18,19). The van der Waals surface area contributed by atoms with Crippen molar-refractivity contribution in [2.24, 2.45) is 0 Å². The van der Waals surface area contributed by atoms with Crippen molar-refractivity contribution >= 4 is 44.0 Å². The van der Waals surface area contributed by atoms with Gasteiger partial charge in [-0.15, -0.1) is 0 Å². The first-order chi connectivity index (χ1) is 12.0. The van der Waals surface area contributed by atoms with Gasteiger partial charge in [-0.1, -0.05) is 11.3 Å². The Morgan fingerprint density at radius 2 is 2.04 bits per heavy atom. The zero-order chi connectivity index (χ0) is 18.0. The van der Waals surface area contributed by atoms with E-state index < -0.39 is 4.92 Å². The summed E-state index contributed by atoms with van der Waals surface area (Å²) in [5, 5.41) is 16.4. The largest absolute Gasteiger partial charge is 0.497 e. The molecular weight excluding hydrogens is 346 g/mol. The highest BCUT2D eigenvalue weighted by Gasteiger charge is 2.24. The Hall–Kier alpha value is -3.05. The second-order valence-electron chi connectivity index (χ2n) is 5.16. The average Bonchev–Trinajstić information content (AvgIpc) is 2.95. The topological polar surface area (TPSA) is 118 Å². The van der Waals surface area contributed by atoms with E-state index in [1.165, 1.54) is 17.7 Å². The van der Waals surface area contributed by atoms with Gasteiger partial charge in [0.15, 0.2) is 5.13 Å². The van der Waals surface area contributed by atoms with Crippen LogP contribution >= 0.6 is 11.3 Å². The number of methoxy groups -OCH3 is 1. The number of nitrogens with one attached hydrogen (secondary N) is 2. The molecule has 0 radical (unpaired) electrons. The van der Waals surface area contributed by atoms with Crippen LogP contribution < -0.4 is 15.5 Å². The molecule has 0 bridgehead atoms. The monoisotopic (exact) mass is 361 g/mol. The third-order valence-corrected chi connectivity index (χ3v) is 4.09. The van der Waals surface area contributed by atoms with Crippen LogP contribution in [-0.2, 0) is 0 Å². The molecule has 0 spiro atoms. The highest BCUT2D eigenvalue weighted by Crippen LogP contribution is 2.35. The Labute approximate surface area is 146 Å². The molecule has 0 amide bonds. The lowest BCUT2D eigenvalue weighted by Crippen LogP contribution is -2.21. The van der Waals surface area contributed by atoms with Crippen LogP contribution in [0.2, 0.25) is 0 Å². The zero-order valence-electron chi connectivity index (χ0n) is 13.7. The summed E-state index contributed by atoms with van der Waals surface area (Å²) < 4.78 is 6.08. The van der Waals surface area contributed by atoms with Crippen molar-refractivity contribution in [3.63, 3.8) is 0 Å². The van der Waals surface area contributed by atoms with Crippen LogP contribution in [0.15, 0.2) is 24.5 Å². The maximum Gasteiger partial charge on any atom is 0.354 e. The molecule has 0 unspecified atom stereocenters. The van der Waals surface area contributed by atoms with E-state index >= 15 is 0 Å². The van der Waals surface area contributed by atoms with Gasteiger partial charge in [0.1, 0.15) is 12.1 Å². The number of thiazole rings is 1.